The number of amides is 1. The van der Waals surface area contributed by atoms with Gasteiger partial charge in [-0.3, -0.25) is 14.0 Å². The molecule has 5 rings (SSSR count). The first-order chi connectivity index (χ1) is 18.3. The number of sulfonamides is 1. The van der Waals surface area contributed by atoms with Crippen LogP contribution < -0.4 is 18.5 Å². The second-order valence-electron chi connectivity index (χ2n) is 8.99. The van der Waals surface area contributed by atoms with Crippen LogP contribution >= 0.6 is 11.6 Å². The molecule has 0 N–H and O–H groups in total. The van der Waals surface area contributed by atoms with Gasteiger partial charge >= 0.3 is 0 Å². The predicted octanol–water partition coefficient (Wildman–Crippen LogP) is 3.62. The zero-order valence-corrected chi connectivity index (χ0v) is 22.5. The van der Waals surface area contributed by atoms with Gasteiger partial charge in [0, 0.05) is 37.7 Å². The summed E-state index contributed by atoms with van der Waals surface area (Å²) in [6.07, 6.45) is 0. The van der Waals surface area contributed by atoms with Crippen LogP contribution in [0.5, 0.6) is 17.2 Å². The summed E-state index contributed by atoms with van der Waals surface area (Å²) >= 11 is 6.22. The van der Waals surface area contributed by atoms with Crippen LogP contribution in [0.25, 0.3) is 0 Å². The molecule has 2 aliphatic heterocycles. The molecule has 0 aliphatic carbocycles. The summed E-state index contributed by atoms with van der Waals surface area (Å²) in [6, 6.07) is 18.6. The average molecular weight is 558 g/mol. The highest BCUT2D eigenvalue weighted by atomic mass is 35.5. The molecule has 38 heavy (non-hydrogen) atoms. The van der Waals surface area contributed by atoms with E-state index in [0.717, 1.165) is 21.4 Å². The van der Waals surface area contributed by atoms with Crippen molar-refractivity contribution in [2.24, 2.45) is 0 Å². The van der Waals surface area contributed by atoms with Gasteiger partial charge in [-0.05, 0) is 48.0 Å². The van der Waals surface area contributed by atoms with E-state index in [9.17, 15) is 13.2 Å². The number of hydrogen-bond donors (Lipinski definition) is 0. The van der Waals surface area contributed by atoms with E-state index >= 15 is 0 Å². The maximum Gasteiger partial charge on any atom is 0.264 e. The summed E-state index contributed by atoms with van der Waals surface area (Å²) in [6.45, 7) is 2.85. The molecule has 1 saturated heterocycles. The molecular weight excluding hydrogens is 530 g/mol. The number of anilines is 1. The highest BCUT2D eigenvalue weighted by Crippen LogP contribution is 2.35. The third-order valence-corrected chi connectivity index (χ3v) is 8.60. The van der Waals surface area contributed by atoms with Gasteiger partial charge in [0.1, 0.15) is 12.3 Å². The Labute approximate surface area is 227 Å². The fraction of sp³-hybridized carbons (Fsp3) is 0.296. The fourth-order valence-electron chi connectivity index (χ4n) is 4.55. The lowest BCUT2D eigenvalue weighted by Gasteiger charge is -2.36. The molecule has 0 radical (unpaired) electrons. The number of halogens is 1. The molecule has 2 aliphatic rings. The molecule has 1 amide bonds. The lowest BCUT2D eigenvalue weighted by atomic mass is 10.1. The molecule has 2 heterocycles. The molecule has 3 aromatic carbocycles. The monoisotopic (exact) mass is 557 g/mol. The van der Waals surface area contributed by atoms with E-state index in [2.05, 4.69) is 4.90 Å². The highest BCUT2D eigenvalue weighted by molar-refractivity contribution is 7.92. The van der Waals surface area contributed by atoms with Crippen molar-refractivity contribution in [3.63, 3.8) is 0 Å². The zero-order chi connectivity index (χ0) is 26.7. The standard InChI is InChI=1S/C27H28ClN3O6S/c1-35-24-10-8-21(28)16-23(24)31(38(33,34)22-5-3-2-4-6-22)18-27(32)30-13-11-29(12-14-30)17-20-7-9-25-26(15-20)37-19-36-25/h2-10,15-16H,11-14,17-19H2,1H3. The molecule has 11 heteroatoms. The van der Waals surface area contributed by atoms with Gasteiger partial charge in [-0.1, -0.05) is 35.9 Å². The lowest BCUT2D eigenvalue weighted by Crippen LogP contribution is -2.51. The van der Waals surface area contributed by atoms with Gasteiger partial charge in [0.15, 0.2) is 11.5 Å². The average Bonchev–Trinajstić information content (AvgIpc) is 3.40. The Morgan fingerprint density at radius 3 is 2.45 bits per heavy atom. The molecule has 0 bridgehead atoms. The van der Waals surface area contributed by atoms with Gasteiger partial charge < -0.3 is 19.1 Å². The normalized spacial score (nSPS) is 15.4. The van der Waals surface area contributed by atoms with Crippen LogP contribution in [0.1, 0.15) is 5.56 Å². The van der Waals surface area contributed by atoms with E-state index < -0.39 is 10.0 Å². The summed E-state index contributed by atoms with van der Waals surface area (Å²) in [5.41, 5.74) is 1.31. The van der Waals surface area contributed by atoms with Crippen LogP contribution in [0.15, 0.2) is 71.6 Å². The fourth-order valence-corrected chi connectivity index (χ4v) is 6.16. The van der Waals surface area contributed by atoms with E-state index in [1.807, 2.05) is 18.2 Å². The highest BCUT2D eigenvalue weighted by Gasteiger charge is 2.32. The molecule has 0 unspecified atom stereocenters. The van der Waals surface area contributed by atoms with Crippen molar-refractivity contribution in [1.82, 2.24) is 9.80 Å². The van der Waals surface area contributed by atoms with E-state index in [0.29, 0.717) is 43.5 Å². The summed E-state index contributed by atoms with van der Waals surface area (Å²) in [7, 11) is -2.63. The summed E-state index contributed by atoms with van der Waals surface area (Å²) in [4.78, 5) is 17.5. The minimum atomic E-state index is -4.08. The van der Waals surface area contributed by atoms with E-state index in [1.54, 1.807) is 35.2 Å². The number of carbonyl (C=O) groups is 1. The maximum absolute atomic E-state index is 13.7. The van der Waals surface area contributed by atoms with Crippen molar-refractivity contribution in [2.75, 3.05) is 50.9 Å². The first-order valence-electron chi connectivity index (χ1n) is 12.1. The van der Waals surface area contributed by atoms with E-state index in [-0.39, 0.29) is 29.8 Å². The van der Waals surface area contributed by atoms with Crippen LogP contribution in [-0.2, 0) is 21.4 Å². The molecule has 0 aromatic heterocycles. The van der Waals surface area contributed by atoms with Gasteiger partial charge in [-0.25, -0.2) is 8.42 Å². The summed E-state index contributed by atoms with van der Waals surface area (Å²) in [5.74, 6) is 1.49. The SMILES string of the molecule is COc1ccc(Cl)cc1N(CC(=O)N1CCN(Cc2ccc3c(c2)OCO3)CC1)S(=O)(=O)c1ccccc1. The number of piperazine rings is 1. The minimum Gasteiger partial charge on any atom is -0.495 e. The third kappa shape index (κ3) is 5.52. The van der Waals surface area contributed by atoms with Crippen LogP contribution in [0.2, 0.25) is 5.02 Å². The Morgan fingerprint density at radius 2 is 1.71 bits per heavy atom. The van der Waals surface area contributed by atoms with Crippen LogP contribution in [0.4, 0.5) is 5.69 Å². The predicted molar refractivity (Wildman–Crippen MR) is 143 cm³/mol. The van der Waals surface area contributed by atoms with Gasteiger partial charge in [0.2, 0.25) is 12.7 Å². The first-order valence-corrected chi connectivity index (χ1v) is 14.0. The zero-order valence-electron chi connectivity index (χ0n) is 20.9. The third-order valence-electron chi connectivity index (χ3n) is 6.59. The Hall–Kier alpha value is -3.47. The second kappa shape index (κ2) is 11.1. The van der Waals surface area contributed by atoms with Crippen molar-refractivity contribution in [1.29, 1.82) is 0 Å². The van der Waals surface area contributed by atoms with Crippen LogP contribution in [0, 0.1) is 0 Å². The van der Waals surface area contributed by atoms with Crippen LogP contribution in [-0.4, -0.2) is 70.8 Å². The van der Waals surface area contributed by atoms with E-state index in [1.165, 1.54) is 25.3 Å². The first kappa shape index (κ1) is 26.1. The van der Waals surface area contributed by atoms with Crippen molar-refractivity contribution in [2.45, 2.75) is 11.4 Å². The van der Waals surface area contributed by atoms with Crippen LogP contribution in [0.3, 0.4) is 0 Å². The number of carbonyl (C=O) groups excluding carboxylic acids is 1. The quantitative estimate of drug-likeness (QED) is 0.418. The van der Waals surface area contributed by atoms with Gasteiger partial charge in [-0.15, -0.1) is 0 Å². The minimum absolute atomic E-state index is 0.0726. The molecule has 0 spiro atoms. The largest absolute Gasteiger partial charge is 0.495 e. The number of methoxy groups -OCH3 is 1. The van der Waals surface area contributed by atoms with Gasteiger partial charge in [0.25, 0.3) is 10.0 Å². The Morgan fingerprint density at radius 1 is 0.974 bits per heavy atom. The molecular formula is C27H28ClN3O6S. The topological polar surface area (TPSA) is 88.6 Å². The number of ether oxygens (including phenoxy) is 3. The Bertz CT molecular complexity index is 1410. The van der Waals surface area contributed by atoms with Crippen molar-refractivity contribution in [3.8, 4) is 17.2 Å². The van der Waals surface area contributed by atoms with E-state index in [4.69, 9.17) is 25.8 Å². The summed E-state index contributed by atoms with van der Waals surface area (Å²) < 4.78 is 44.7. The van der Waals surface area contributed by atoms with Crippen molar-refractivity contribution < 1.29 is 27.4 Å². The molecule has 1 fully saturated rings. The Balaban J connectivity index is 1.31. The molecule has 9 nitrogen and oxygen atoms in total. The molecule has 0 atom stereocenters. The number of nitrogens with zero attached hydrogens (tertiary/aromatic N) is 3. The van der Waals surface area contributed by atoms with Gasteiger partial charge in [-0.2, -0.15) is 0 Å². The maximum atomic E-state index is 13.7. The lowest BCUT2D eigenvalue weighted by molar-refractivity contribution is -0.131. The molecule has 3 aromatic rings. The summed E-state index contributed by atoms with van der Waals surface area (Å²) in [5, 5.41) is 0.332. The van der Waals surface area contributed by atoms with Crippen molar-refractivity contribution in [3.05, 3.63) is 77.3 Å². The number of benzene rings is 3. The molecule has 200 valence electrons. The number of fused-ring (bicyclic) bond motifs is 1. The number of rotatable bonds is 8. The van der Waals surface area contributed by atoms with Gasteiger partial charge in [0.05, 0.1) is 17.7 Å². The smallest absolute Gasteiger partial charge is 0.264 e. The Kier molecular flexibility index (Phi) is 7.64. The molecule has 0 saturated carbocycles. The second-order valence-corrected chi connectivity index (χ2v) is 11.3. The number of hydrogen-bond acceptors (Lipinski definition) is 7. The van der Waals surface area contributed by atoms with Crippen molar-refractivity contribution >= 4 is 33.2 Å².